The summed E-state index contributed by atoms with van der Waals surface area (Å²) >= 11 is 0. The minimum atomic E-state index is -4.39. The molecule has 1 N–H and O–H groups in total. The van der Waals surface area contributed by atoms with Gasteiger partial charge in [0.15, 0.2) is 0 Å². The van der Waals surface area contributed by atoms with Gasteiger partial charge in [-0.2, -0.15) is 13.2 Å². The molecule has 0 spiro atoms. The Morgan fingerprint density at radius 3 is 2.59 bits per heavy atom. The monoisotopic (exact) mass is 454 g/mol. The molecule has 3 aliphatic rings. The van der Waals surface area contributed by atoms with Gasteiger partial charge in [0.2, 0.25) is 5.91 Å². The first-order chi connectivity index (χ1) is 15.2. The lowest BCUT2D eigenvalue weighted by molar-refractivity contribution is -0.145. The summed E-state index contributed by atoms with van der Waals surface area (Å²) in [5, 5.41) is 3.69. The van der Waals surface area contributed by atoms with Crippen LogP contribution in [-0.2, 0) is 15.7 Å². The molecule has 9 heteroatoms. The SMILES string of the molecule is CC(C)C1(C(=O)N2CCN(c3cc(C(F)(F)F)ccn3)CC2)CCC(NC2CCOC2)C1. The Morgan fingerprint density at radius 2 is 1.97 bits per heavy atom. The first-order valence-corrected chi connectivity index (χ1v) is 11.6. The smallest absolute Gasteiger partial charge is 0.380 e. The van der Waals surface area contributed by atoms with E-state index in [0.29, 0.717) is 44.1 Å². The number of anilines is 1. The summed E-state index contributed by atoms with van der Waals surface area (Å²) in [6, 6.07) is 2.77. The number of alkyl halides is 3. The van der Waals surface area contributed by atoms with Crippen LogP contribution >= 0.6 is 0 Å². The van der Waals surface area contributed by atoms with Crippen molar-refractivity contribution in [2.45, 2.75) is 57.8 Å². The molecule has 3 heterocycles. The molecule has 3 unspecified atom stereocenters. The normalized spacial score (nSPS) is 29.2. The van der Waals surface area contributed by atoms with Gasteiger partial charge >= 0.3 is 6.18 Å². The van der Waals surface area contributed by atoms with Crippen molar-refractivity contribution in [2.75, 3.05) is 44.3 Å². The molecule has 0 bridgehead atoms. The molecule has 32 heavy (non-hydrogen) atoms. The lowest BCUT2D eigenvalue weighted by Gasteiger charge is -2.42. The summed E-state index contributed by atoms with van der Waals surface area (Å²) in [7, 11) is 0. The Morgan fingerprint density at radius 1 is 1.22 bits per heavy atom. The molecule has 0 radical (unpaired) electrons. The number of nitrogens with one attached hydrogen (secondary N) is 1. The Kier molecular flexibility index (Phi) is 6.68. The maximum atomic E-state index is 13.7. The largest absolute Gasteiger partial charge is 0.416 e. The maximum Gasteiger partial charge on any atom is 0.416 e. The predicted molar refractivity (Wildman–Crippen MR) is 115 cm³/mol. The van der Waals surface area contributed by atoms with E-state index in [-0.39, 0.29) is 17.2 Å². The molecule has 1 aromatic heterocycles. The second-order valence-corrected chi connectivity index (χ2v) is 9.66. The zero-order chi connectivity index (χ0) is 22.9. The van der Waals surface area contributed by atoms with Gasteiger partial charge in [-0.05, 0) is 43.7 Å². The molecule has 3 atom stereocenters. The average Bonchev–Trinajstić information content (AvgIpc) is 3.44. The van der Waals surface area contributed by atoms with E-state index >= 15 is 0 Å². The summed E-state index contributed by atoms with van der Waals surface area (Å²) in [6.07, 6.45) is 0.500. The van der Waals surface area contributed by atoms with E-state index in [1.54, 1.807) is 0 Å². The third kappa shape index (κ3) is 4.73. The fraction of sp³-hybridized carbons (Fsp3) is 0.739. The summed E-state index contributed by atoms with van der Waals surface area (Å²) in [6.45, 7) is 7.75. The van der Waals surface area contributed by atoms with E-state index in [9.17, 15) is 18.0 Å². The lowest BCUT2D eigenvalue weighted by Crippen LogP contribution is -2.54. The van der Waals surface area contributed by atoms with Crippen molar-refractivity contribution in [3.8, 4) is 0 Å². The number of halogens is 3. The van der Waals surface area contributed by atoms with Crippen LogP contribution in [0.3, 0.4) is 0 Å². The molecule has 6 nitrogen and oxygen atoms in total. The van der Waals surface area contributed by atoms with Gasteiger partial charge in [-0.25, -0.2) is 4.98 Å². The molecule has 0 aromatic carbocycles. The van der Waals surface area contributed by atoms with Gasteiger partial charge in [0.05, 0.1) is 17.6 Å². The standard InChI is InChI=1S/C23H33F3N4O2/c1-16(2)22(6-3-18(14-22)28-19-5-12-32-15-19)21(31)30-10-8-29(9-11-30)20-13-17(4-7-27-20)23(24,25)26/h4,7,13,16,18-19,28H,3,5-6,8-12,14-15H2,1-2H3. The minimum Gasteiger partial charge on any atom is -0.380 e. The zero-order valence-corrected chi connectivity index (χ0v) is 18.8. The van der Waals surface area contributed by atoms with Crippen molar-refractivity contribution in [3.05, 3.63) is 23.9 Å². The third-order valence-electron chi connectivity index (χ3n) is 7.45. The van der Waals surface area contributed by atoms with Gasteiger partial charge in [-0.3, -0.25) is 4.79 Å². The number of nitrogens with zero attached hydrogens (tertiary/aromatic N) is 3. The molecule has 1 amide bonds. The van der Waals surface area contributed by atoms with Crippen LogP contribution in [-0.4, -0.2) is 67.3 Å². The van der Waals surface area contributed by atoms with Crippen molar-refractivity contribution in [2.24, 2.45) is 11.3 Å². The van der Waals surface area contributed by atoms with Crippen molar-refractivity contribution in [1.82, 2.24) is 15.2 Å². The van der Waals surface area contributed by atoms with E-state index < -0.39 is 11.7 Å². The molecule has 4 rings (SSSR count). The number of ether oxygens (including phenoxy) is 1. The molecule has 1 aliphatic carbocycles. The number of aromatic nitrogens is 1. The minimum absolute atomic E-state index is 0.191. The summed E-state index contributed by atoms with van der Waals surface area (Å²) in [4.78, 5) is 21.5. The highest BCUT2D eigenvalue weighted by Crippen LogP contribution is 2.46. The lowest BCUT2D eigenvalue weighted by atomic mass is 9.74. The van der Waals surface area contributed by atoms with Crippen LogP contribution in [0.4, 0.5) is 19.0 Å². The zero-order valence-electron chi connectivity index (χ0n) is 18.8. The molecular formula is C23H33F3N4O2. The van der Waals surface area contributed by atoms with Crippen LogP contribution in [0.15, 0.2) is 18.3 Å². The first-order valence-electron chi connectivity index (χ1n) is 11.6. The van der Waals surface area contributed by atoms with Crippen LogP contribution in [0.25, 0.3) is 0 Å². The molecule has 1 saturated carbocycles. The number of amides is 1. The van der Waals surface area contributed by atoms with Crippen molar-refractivity contribution in [1.29, 1.82) is 0 Å². The van der Waals surface area contributed by atoms with Crippen LogP contribution in [0.2, 0.25) is 0 Å². The number of rotatable bonds is 5. The van der Waals surface area contributed by atoms with Gasteiger partial charge in [-0.15, -0.1) is 0 Å². The number of piperazine rings is 1. The Labute approximate surface area is 187 Å². The average molecular weight is 455 g/mol. The molecule has 178 valence electrons. The van der Waals surface area contributed by atoms with Gasteiger partial charge in [-0.1, -0.05) is 13.8 Å². The van der Waals surface area contributed by atoms with Crippen molar-refractivity contribution < 1.29 is 22.7 Å². The van der Waals surface area contributed by atoms with E-state index in [1.165, 1.54) is 6.20 Å². The summed E-state index contributed by atoms with van der Waals surface area (Å²) in [5.74, 6) is 0.732. The second-order valence-electron chi connectivity index (χ2n) is 9.66. The number of carbonyl (C=O) groups is 1. The van der Waals surface area contributed by atoms with Crippen LogP contribution < -0.4 is 10.2 Å². The van der Waals surface area contributed by atoms with Gasteiger partial charge < -0.3 is 19.9 Å². The number of hydrogen-bond acceptors (Lipinski definition) is 5. The summed E-state index contributed by atoms with van der Waals surface area (Å²) < 4.78 is 44.6. The van der Waals surface area contributed by atoms with Crippen LogP contribution in [0.5, 0.6) is 0 Å². The first kappa shape index (κ1) is 23.3. The third-order valence-corrected chi connectivity index (χ3v) is 7.45. The van der Waals surface area contributed by atoms with Gasteiger partial charge in [0.25, 0.3) is 0 Å². The van der Waals surface area contributed by atoms with Crippen LogP contribution in [0.1, 0.15) is 45.1 Å². The second kappa shape index (κ2) is 9.17. The molecular weight excluding hydrogens is 421 g/mol. The summed E-state index contributed by atoms with van der Waals surface area (Å²) in [5.41, 5.74) is -1.08. The van der Waals surface area contributed by atoms with E-state index in [2.05, 4.69) is 24.1 Å². The Balaban J connectivity index is 1.38. The fourth-order valence-electron chi connectivity index (χ4n) is 5.40. The fourth-order valence-corrected chi connectivity index (χ4v) is 5.40. The maximum absolute atomic E-state index is 13.7. The highest BCUT2D eigenvalue weighted by Gasteiger charge is 2.49. The molecule has 2 aliphatic heterocycles. The highest BCUT2D eigenvalue weighted by atomic mass is 19.4. The van der Waals surface area contributed by atoms with E-state index in [0.717, 1.165) is 51.0 Å². The van der Waals surface area contributed by atoms with Gasteiger partial charge in [0, 0.05) is 51.1 Å². The topological polar surface area (TPSA) is 57.7 Å². The number of hydrogen-bond donors (Lipinski definition) is 1. The van der Waals surface area contributed by atoms with Gasteiger partial charge in [0.1, 0.15) is 5.82 Å². The Hall–Kier alpha value is -1.87. The van der Waals surface area contributed by atoms with E-state index in [1.807, 2.05) is 9.80 Å². The number of pyridine rings is 1. The quantitative estimate of drug-likeness (QED) is 0.740. The highest BCUT2D eigenvalue weighted by molar-refractivity contribution is 5.84. The predicted octanol–water partition coefficient (Wildman–Crippen LogP) is 3.32. The van der Waals surface area contributed by atoms with E-state index in [4.69, 9.17) is 4.74 Å². The Bertz CT molecular complexity index is 805. The van der Waals surface area contributed by atoms with Crippen molar-refractivity contribution in [3.63, 3.8) is 0 Å². The number of carbonyl (C=O) groups excluding carboxylic acids is 1. The van der Waals surface area contributed by atoms with Crippen LogP contribution in [0, 0.1) is 11.3 Å². The molecule has 3 fully saturated rings. The molecule has 1 aromatic rings. The van der Waals surface area contributed by atoms with Crippen molar-refractivity contribution >= 4 is 11.7 Å². The molecule has 2 saturated heterocycles.